The molecule has 0 heterocycles. The highest BCUT2D eigenvalue weighted by molar-refractivity contribution is 6.39. The van der Waals surface area contributed by atoms with Gasteiger partial charge in [0.25, 0.3) is 0 Å². The first-order valence-corrected chi connectivity index (χ1v) is 7.64. The number of nitrogens with zero attached hydrogens (tertiary/aromatic N) is 1. The van der Waals surface area contributed by atoms with Crippen LogP contribution in [0.25, 0.3) is 0 Å². The summed E-state index contributed by atoms with van der Waals surface area (Å²) in [5.74, 6) is -3.08. The first-order valence-electron chi connectivity index (χ1n) is 7.64. The first kappa shape index (κ1) is 19.0. The average molecular weight is 361 g/mol. The first-order chi connectivity index (χ1) is 12.4. The molecule has 2 aromatic rings. The van der Waals surface area contributed by atoms with Gasteiger partial charge in [0.05, 0.1) is 11.0 Å². The molecule has 0 aromatic heterocycles. The summed E-state index contributed by atoms with van der Waals surface area (Å²) in [6, 6.07) is 11.6. The van der Waals surface area contributed by atoms with Crippen molar-refractivity contribution >= 4 is 23.2 Å². The maximum atomic E-state index is 13.2. The SMILES string of the molecule is O=C(NCCC(O)c1ccccc1)C(=O)Nc1ccc(F)c([N+](=O)[O-])c1. The van der Waals surface area contributed by atoms with Crippen LogP contribution in [-0.2, 0) is 9.59 Å². The fourth-order valence-corrected chi connectivity index (χ4v) is 2.16. The Hall–Kier alpha value is -3.33. The van der Waals surface area contributed by atoms with Crippen LogP contribution in [0.15, 0.2) is 48.5 Å². The van der Waals surface area contributed by atoms with E-state index in [1.807, 2.05) is 6.07 Å². The monoisotopic (exact) mass is 361 g/mol. The molecule has 1 unspecified atom stereocenters. The lowest BCUT2D eigenvalue weighted by molar-refractivity contribution is -0.387. The largest absolute Gasteiger partial charge is 0.388 e. The maximum absolute atomic E-state index is 13.2. The van der Waals surface area contributed by atoms with Gasteiger partial charge in [-0.25, -0.2) is 0 Å². The zero-order valence-corrected chi connectivity index (χ0v) is 13.5. The summed E-state index contributed by atoms with van der Waals surface area (Å²) in [5.41, 5.74) is -0.207. The summed E-state index contributed by atoms with van der Waals surface area (Å²) in [4.78, 5) is 33.2. The van der Waals surface area contributed by atoms with E-state index in [0.717, 1.165) is 18.2 Å². The van der Waals surface area contributed by atoms with Crippen molar-refractivity contribution in [2.45, 2.75) is 12.5 Å². The second-order valence-electron chi connectivity index (χ2n) is 5.35. The quantitative estimate of drug-likeness (QED) is 0.412. The third-order valence-corrected chi connectivity index (χ3v) is 3.49. The number of carbonyl (C=O) groups is 2. The molecule has 0 spiro atoms. The molecule has 0 aliphatic carbocycles. The molecule has 0 radical (unpaired) electrons. The fourth-order valence-electron chi connectivity index (χ4n) is 2.16. The van der Waals surface area contributed by atoms with Crippen molar-refractivity contribution in [2.75, 3.05) is 11.9 Å². The number of hydrogen-bond acceptors (Lipinski definition) is 5. The van der Waals surface area contributed by atoms with Gasteiger partial charge in [0.1, 0.15) is 0 Å². The van der Waals surface area contributed by atoms with Crippen LogP contribution in [0.4, 0.5) is 15.8 Å². The van der Waals surface area contributed by atoms with Gasteiger partial charge < -0.3 is 15.7 Å². The number of nitro benzene ring substituents is 1. The van der Waals surface area contributed by atoms with Crippen LogP contribution in [-0.4, -0.2) is 28.4 Å². The molecule has 8 nitrogen and oxygen atoms in total. The van der Waals surface area contributed by atoms with E-state index in [1.165, 1.54) is 0 Å². The Bertz CT molecular complexity index is 813. The topological polar surface area (TPSA) is 122 Å². The predicted octanol–water partition coefficient (Wildman–Crippen LogP) is 1.91. The second kappa shape index (κ2) is 8.67. The number of benzene rings is 2. The van der Waals surface area contributed by atoms with Gasteiger partial charge in [-0.3, -0.25) is 19.7 Å². The van der Waals surface area contributed by atoms with E-state index in [2.05, 4.69) is 10.6 Å². The van der Waals surface area contributed by atoms with E-state index in [0.29, 0.717) is 5.56 Å². The van der Waals surface area contributed by atoms with Gasteiger partial charge in [-0.05, 0) is 24.1 Å². The lowest BCUT2D eigenvalue weighted by atomic mass is 10.1. The van der Waals surface area contributed by atoms with Crippen molar-refractivity contribution in [1.29, 1.82) is 0 Å². The van der Waals surface area contributed by atoms with Crippen LogP contribution >= 0.6 is 0 Å². The molecule has 0 saturated carbocycles. The van der Waals surface area contributed by atoms with Gasteiger partial charge in [0.15, 0.2) is 0 Å². The summed E-state index contributed by atoms with van der Waals surface area (Å²) in [5, 5.41) is 25.1. The Labute approximate surface area is 147 Å². The zero-order valence-electron chi connectivity index (χ0n) is 13.5. The standard InChI is InChI=1S/C17H16FN3O5/c18-13-7-6-12(10-14(13)21(25)26)20-17(24)16(23)19-9-8-15(22)11-4-2-1-3-5-11/h1-7,10,15,22H,8-9H2,(H,19,23)(H,20,24). The van der Waals surface area contributed by atoms with Crippen LogP contribution in [0.2, 0.25) is 0 Å². The number of amides is 2. The third kappa shape index (κ3) is 5.08. The number of nitro groups is 1. The smallest absolute Gasteiger partial charge is 0.313 e. The highest BCUT2D eigenvalue weighted by atomic mass is 19.1. The van der Waals surface area contributed by atoms with Gasteiger partial charge in [0, 0.05) is 18.3 Å². The molecular weight excluding hydrogens is 345 g/mol. The zero-order chi connectivity index (χ0) is 19.1. The molecule has 9 heteroatoms. The molecule has 0 aliphatic rings. The van der Waals surface area contributed by atoms with Crippen molar-refractivity contribution in [3.8, 4) is 0 Å². The van der Waals surface area contributed by atoms with E-state index >= 15 is 0 Å². The van der Waals surface area contributed by atoms with E-state index in [9.17, 15) is 29.2 Å². The van der Waals surface area contributed by atoms with Gasteiger partial charge in [-0.15, -0.1) is 0 Å². The second-order valence-corrected chi connectivity index (χ2v) is 5.35. The van der Waals surface area contributed by atoms with Gasteiger partial charge in [-0.1, -0.05) is 30.3 Å². The van der Waals surface area contributed by atoms with E-state index < -0.39 is 34.3 Å². The van der Waals surface area contributed by atoms with E-state index in [1.54, 1.807) is 24.3 Å². The number of carbonyl (C=O) groups excluding carboxylic acids is 2. The number of aliphatic hydroxyl groups is 1. The van der Waals surface area contributed by atoms with Crippen molar-refractivity contribution in [3.63, 3.8) is 0 Å². The molecular formula is C17H16FN3O5. The molecule has 136 valence electrons. The lowest BCUT2D eigenvalue weighted by Crippen LogP contribution is -2.36. The Morgan fingerprint density at radius 3 is 2.50 bits per heavy atom. The summed E-state index contributed by atoms with van der Waals surface area (Å²) >= 11 is 0. The van der Waals surface area contributed by atoms with E-state index in [-0.39, 0.29) is 18.7 Å². The van der Waals surface area contributed by atoms with Crippen molar-refractivity contribution in [3.05, 3.63) is 70.0 Å². The highest BCUT2D eigenvalue weighted by Crippen LogP contribution is 2.21. The van der Waals surface area contributed by atoms with Crippen LogP contribution in [0.3, 0.4) is 0 Å². The highest BCUT2D eigenvalue weighted by Gasteiger charge is 2.18. The summed E-state index contributed by atoms with van der Waals surface area (Å²) in [7, 11) is 0. The Kier molecular flexibility index (Phi) is 6.34. The number of nitrogens with one attached hydrogen (secondary N) is 2. The van der Waals surface area contributed by atoms with Crippen LogP contribution in [0.1, 0.15) is 18.1 Å². The van der Waals surface area contributed by atoms with Crippen molar-refractivity contribution in [1.82, 2.24) is 5.32 Å². The molecule has 2 aromatic carbocycles. The lowest BCUT2D eigenvalue weighted by Gasteiger charge is -2.11. The van der Waals surface area contributed by atoms with E-state index in [4.69, 9.17) is 0 Å². The fraction of sp³-hybridized carbons (Fsp3) is 0.176. The average Bonchev–Trinajstić information content (AvgIpc) is 2.63. The number of halogens is 1. The Morgan fingerprint density at radius 1 is 1.15 bits per heavy atom. The molecule has 26 heavy (non-hydrogen) atoms. The molecule has 2 amide bonds. The van der Waals surface area contributed by atoms with Gasteiger partial charge in [-0.2, -0.15) is 4.39 Å². The predicted molar refractivity (Wildman–Crippen MR) is 90.7 cm³/mol. The number of hydrogen-bond donors (Lipinski definition) is 3. The van der Waals surface area contributed by atoms with Crippen molar-refractivity contribution in [2.24, 2.45) is 0 Å². The normalized spacial score (nSPS) is 11.5. The number of aliphatic hydroxyl groups excluding tert-OH is 1. The molecule has 3 N–H and O–H groups in total. The van der Waals surface area contributed by atoms with Crippen LogP contribution < -0.4 is 10.6 Å². The molecule has 0 aliphatic heterocycles. The molecule has 0 saturated heterocycles. The van der Waals surface area contributed by atoms with Crippen LogP contribution in [0, 0.1) is 15.9 Å². The van der Waals surface area contributed by atoms with Crippen LogP contribution in [0.5, 0.6) is 0 Å². The minimum atomic E-state index is -1.06. The molecule has 1 atom stereocenters. The summed E-state index contributed by atoms with van der Waals surface area (Å²) < 4.78 is 13.2. The third-order valence-electron chi connectivity index (χ3n) is 3.49. The number of rotatable bonds is 6. The number of anilines is 1. The Balaban J connectivity index is 1.85. The maximum Gasteiger partial charge on any atom is 0.313 e. The Morgan fingerprint density at radius 2 is 1.85 bits per heavy atom. The molecule has 0 bridgehead atoms. The van der Waals surface area contributed by atoms with Gasteiger partial charge in [0.2, 0.25) is 5.82 Å². The molecule has 0 fully saturated rings. The van der Waals surface area contributed by atoms with Gasteiger partial charge >= 0.3 is 17.5 Å². The van der Waals surface area contributed by atoms with Crippen molar-refractivity contribution < 1.29 is 24.0 Å². The summed E-state index contributed by atoms with van der Waals surface area (Å²) in [6.07, 6.45) is -0.593. The summed E-state index contributed by atoms with van der Waals surface area (Å²) in [6.45, 7) is 0.0475. The minimum Gasteiger partial charge on any atom is -0.388 e. The molecule has 2 rings (SSSR count). The minimum absolute atomic E-state index is 0.0475.